The Morgan fingerprint density at radius 2 is 1.82 bits per heavy atom. The van der Waals surface area contributed by atoms with Crippen LogP contribution in [0.2, 0.25) is 0 Å². The monoisotopic (exact) mass is 520 g/mol. The van der Waals surface area contributed by atoms with Crippen LogP contribution in [0, 0.1) is 0 Å². The van der Waals surface area contributed by atoms with Gasteiger partial charge in [-0.15, -0.1) is 0 Å². The molecule has 10 nitrogen and oxygen atoms in total. The van der Waals surface area contributed by atoms with Crippen molar-refractivity contribution < 1.29 is 23.9 Å². The van der Waals surface area contributed by atoms with E-state index in [0.717, 1.165) is 0 Å². The first-order chi connectivity index (χ1) is 18.0. The summed E-state index contributed by atoms with van der Waals surface area (Å²) in [6.07, 6.45) is 5.55. The molecule has 2 aromatic rings. The van der Waals surface area contributed by atoms with Crippen LogP contribution in [-0.2, 0) is 19.1 Å². The number of anilines is 1. The molecule has 0 spiro atoms. The number of ether oxygens (including phenoxy) is 1. The number of hydrogen-bond acceptors (Lipinski definition) is 7. The van der Waals surface area contributed by atoms with Gasteiger partial charge in [-0.3, -0.25) is 29.1 Å². The molecule has 0 saturated heterocycles. The number of nitrogens with one attached hydrogen (secondary N) is 2. The van der Waals surface area contributed by atoms with E-state index in [2.05, 4.69) is 15.6 Å². The van der Waals surface area contributed by atoms with Gasteiger partial charge < -0.3 is 10.1 Å². The molecule has 1 atom stereocenters. The number of amides is 2. The highest BCUT2D eigenvalue weighted by atomic mass is 16.6. The molecule has 200 valence electrons. The van der Waals surface area contributed by atoms with Crippen LogP contribution in [0.5, 0.6) is 0 Å². The molecule has 1 aliphatic rings. The van der Waals surface area contributed by atoms with E-state index in [1.165, 1.54) is 29.0 Å². The fourth-order valence-electron chi connectivity index (χ4n) is 3.90. The molecule has 1 heterocycles. The lowest BCUT2D eigenvalue weighted by atomic mass is 10.0. The minimum atomic E-state index is -0.775. The van der Waals surface area contributed by atoms with E-state index in [0.29, 0.717) is 24.2 Å². The standard InChI is InChI=1S/C28H32N4O6/c1-5-20(14-15-23(34)29-16-19-12-9-13-22(33)24(19)35)32-25(18-10-7-6-8-11-18)30-17-21(26(32)36)31-27(37)38-28(2,3)4/h6-13,17,20H,5,14-16H2,1-4H3,(H,29,34)(H,31,37). The molecule has 1 aromatic heterocycles. The molecule has 1 aromatic carbocycles. The Labute approximate surface area is 220 Å². The van der Waals surface area contributed by atoms with Crippen molar-refractivity contribution in [1.82, 2.24) is 14.9 Å². The number of allylic oxidation sites excluding steroid dienone is 3. The van der Waals surface area contributed by atoms with Crippen LogP contribution < -0.4 is 16.2 Å². The fourth-order valence-corrected chi connectivity index (χ4v) is 3.90. The lowest BCUT2D eigenvalue weighted by Gasteiger charge is -2.23. The molecule has 3 rings (SSSR count). The predicted octanol–water partition coefficient (Wildman–Crippen LogP) is 3.74. The van der Waals surface area contributed by atoms with Crippen LogP contribution >= 0.6 is 0 Å². The normalized spacial score (nSPS) is 14.1. The van der Waals surface area contributed by atoms with E-state index in [4.69, 9.17) is 4.74 Å². The first kappa shape index (κ1) is 28.2. The number of benzene rings is 1. The van der Waals surface area contributed by atoms with E-state index >= 15 is 0 Å². The highest BCUT2D eigenvalue weighted by Gasteiger charge is 2.23. The molecule has 0 fully saturated rings. The smallest absolute Gasteiger partial charge is 0.412 e. The van der Waals surface area contributed by atoms with Crippen LogP contribution in [0.4, 0.5) is 10.5 Å². The van der Waals surface area contributed by atoms with Crippen LogP contribution in [0.15, 0.2) is 65.1 Å². The van der Waals surface area contributed by atoms with Crippen LogP contribution in [0.3, 0.4) is 0 Å². The summed E-state index contributed by atoms with van der Waals surface area (Å²) in [5.74, 6) is -1.19. The minimum Gasteiger partial charge on any atom is -0.444 e. The van der Waals surface area contributed by atoms with Gasteiger partial charge in [-0.05, 0) is 39.7 Å². The number of aromatic nitrogens is 2. The zero-order valence-electron chi connectivity index (χ0n) is 21.9. The number of nitrogens with zero attached hydrogens (tertiary/aromatic N) is 2. The molecule has 2 amide bonds. The second kappa shape index (κ2) is 12.3. The van der Waals surface area contributed by atoms with Crippen molar-refractivity contribution in [2.75, 3.05) is 11.9 Å². The molecule has 10 heteroatoms. The van der Waals surface area contributed by atoms with E-state index < -0.39 is 34.9 Å². The summed E-state index contributed by atoms with van der Waals surface area (Å²) in [5.41, 5.74) is -0.341. The summed E-state index contributed by atoms with van der Waals surface area (Å²) >= 11 is 0. The average Bonchev–Trinajstić information content (AvgIpc) is 2.86. The Bertz CT molecular complexity index is 1340. The number of carbonyl (C=O) groups is 4. The molecular formula is C28H32N4O6. The van der Waals surface area contributed by atoms with Crippen LogP contribution in [0.25, 0.3) is 11.4 Å². The van der Waals surface area contributed by atoms with Crippen molar-refractivity contribution in [3.63, 3.8) is 0 Å². The number of rotatable bonds is 9. The van der Waals surface area contributed by atoms with Gasteiger partial charge in [0, 0.05) is 30.1 Å². The third kappa shape index (κ3) is 7.34. The largest absolute Gasteiger partial charge is 0.444 e. The van der Waals surface area contributed by atoms with Crippen molar-refractivity contribution in [2.45, 2.75) is 58.6 Å². The van der Waals surface area contributed by atoms with Crippen LogP contribution in [-0.4, -0.2) is 45.3 Å². The Morgan fingerprint density at radius 1 is 1.11 bits per heavy atom. The molecule has 0 bridgehead atoms. The quantitative estimate of drug-likeness (QED) is 0.380. The maximum Gasteiger partial charge on any atom is 0.412 e. The second-order valence-corrected chi connectivity index (χ2v) is 9.79. The summed E-state index contributed by atoms with van der Waals surface area (Å²) in [6, 6.07) is 8.73. The molecule has 0 aliphatic heterocycles. The maximum atomic E-state index is 13.6. The van der Waals surface area contributed by atoms with E-state index in [-0.39, 0.29) is 30.1 Å². The van der Waals surface area contributed by atoms with Gasteiger partial charge in [-0.1, -0.05) is 49.4 Å². The zero-order valence-corrected chi connectivity index (χ0v) is 21.9. The SMILES string of the molecule is CCC(CCC(=O)NCC1=CC=CC(=O)C1=O)n1c(-c2ccccc2)ncc(NC(=O)OC(C)(C)C)c1=O. The summed E-state index contributed by atoms with van der Waals surface area (Å²) < 4.78 is 6.77. The molecule has 38 heavy (non-hydrogen) atoms. The Kier molecular flexibility index (Phi) is 9.11. The molecule has 0 saturated carbocycles. The predicted molar refractivity (Wildman–Crippen MR) is 143 cm³/mol. The molecular weight excluding hydrogens is 488 g/mol. The van der Waals surface area contributed by atoms with Gasteiger partial charge in [0.05, 0.1) is 6.20 Å². The first-order valence-corrected chi connectivity index (χ1v) is 12.4. The Balaban J connectivity index is 1.82. The van der Waals surface area contributed by atoms with Gasteiger partial charge in [0.25, 0.3) is 5.56 Å². The van der Waals surface area contributed by atoms with Crippen molar-refractivity contribution in [1.29, 1.82) is 0 Å². The second-order valence-electron chi connectivity index (χ2n) is 9.79. The van der Waals surface area contributed by atoms with Gasteiger partial charge in [-0.25, -0.2) is 9.78 Å². The van der Waals surface area contributed by atoms with Crippen LogP contribution in [0.1, 0.15) is 53.0 Å². The van der Waals surface area contributed by atoms with Gasteiger partial charge in [0.1, 0.15) is 17.1 Å². The lowest BCUT2D eigenvalue weighted by Crippen LogP contribution is -2.34. The molecule has 1 aliphatic carbocycles. The highest BCUT2D eigenvalue weighted by Crippen LogP contribution is 2.25. The average molecular weight is 521 g/mol. The summed E-state index contributed by atoms with van der Waals surface area (Å²) in [6.45, 7) is 6.98. The maximum absolute atomic E-state index is 13.6. The lowest BCUT2D eigenvalue weighted by molar-refractivity contribution is -0.131. The van der Waals surface area contributed by atoms with Crippen molar-refractivity contribution in [2.24, 2.45) is 0 Å². The summed E-state index contributed by atoms with van der Waals surface area (Å²) in [7, 11) is 0. The minimum absolute atomic E-state index is 0.0395. The number of carbonyl (C=O) groups excluding carboxylic acids is 4. The first-order valence-electron chi connectivity index (χ1n) is 12.4. The Morgan fingerprint density at radius 3 is 2.47 bits per heavy atom. The third-order valence-electron chi connectivity index (χ3n) is 5.74. The van der Waals surface area contributed by atoms with Gasteiger partial charge in [0.15, 0.2) is 0 Å². The van der Waals surface area contributed by atoms with Crippen molar-refractivity contribution in [3.05, 3.63) is 70.7 Å². The van der Waals surface area contributed by atoms with Gasteiger partial charge in [-0.2, -0.15) is 0 Å². The zero-order chi connectivity index (χ0) is 27.9. The number of Topliss-reactive ketones (excluding diaryl/α,β-unsaturated/α-hetero) is 1. The van der Waals surface area contributed by atoms with Gasteiger partial charge in [0.2, 0.25) is 17.5 Å². The van der Waals surface area contributed by atoms with Gasteiger partial charge >= 0.3 is 6.09 Å². The summed E-state index contributed by atoms with van der Waals surface area (Å²) in [5, 5.41) is 5.15. The van der Waals surface area contributed by atoms with E-state index in [1.807, 2.05) is 37.3 Å². The summed E-state index contributed by atoms with van der Waals surface area (Å²) in [4.78, 5) is 66.4. The number of hydrogen-bond donors (Lipinski definition) is 2. The van der Waals surface area contributed by atoms with E-state index in [9.17, 15) is 24.0 Å². The molecule has 2 N–H and O–H groups in total. The molecule has 0 radical (unpaired) electrons. The fraction of sp³-hybridized carbons (Fsp3) is 0.357. The molecule has 1 unspecified atom stereocenters. The van der Waals surface area contributed by atoms with Crippen molar-refractivity contribution >= 4 is 29.3 Å². The third-order valence-corrected chi connectivity index (χ3v) is 5.74. The van der Waals surface area contributed by atoms with E-state index in [1.54, 1.807) is 20.8 Å². The Hall–Kier alpha value is -4.34. The number of ketones is 2. The topological polar surface area (TPSA) is 136 Å². The van der Waals surface area contributed by atoms with Crippen molar-refractivity contribution in [3.8, 4) is 11.4 Å². The highest BCUT2D eigenvalue weighted by molar-refractivity contribution is 6.48.